The van der Waals surface area contributed by atoms with Crippen LogP contribution in [-0.2, 0) is 35.8 Å². The lowest BCUT2D eigenvalue weighted by molar-refractivity contribution is -0.160. The lowest BCUT2D eigenvalue weighted by Crippen LogP contribution is -2.71. The molecule has 1 fully saturated rings. The molecule has 1 saturated heterocycles. The minimum Gasteiger partial charge on any atom is -0.477 e. The summed E-state index contributed by atoms with van der Waals surface area (Å²) in [5.74, 6) is -3.61. The van der Waals surface area contributed by atoms with Crippen LogP contribution in [0.4, 0.5) is 0 Å². The summed E-state index contributed by atoms with van der Waals surface area (Å²) in [5, 5.41) is 15.9. The molecule has 17 heteroatoms. The van der Waals surface area contributed by atoms with Crippen molar-refractivity contribution in [3.8, 4) is 5.88 Å². The number of hydrogen-bond donors (Lipinski definition) is 2. The first-order valence-corrected chi connectivity index (χ1v) is 14.3. The lowest BCUT2D eigenvalue weighted by atomic mass is 9.98. The highest BCUT2D eigenvalue weighted by atomic mass is 79.9. The van der Waals surface area contributed by atoms with E-state index in [0.29, 0.717) is 5.57 Å². The van der Waals surface area contributed by atoms with E-state index in [4.69, 9.17) is 9.47 Å². The summed E-state index contributed by atoms with van der Waals surface area (Å²) >= 11 is 5.27. The fourth-order valence-electron chi connectivity index (χ4n) is 3.36. The van der Waals surface area contributed by atoms with E-state index in [0.717, 1.165) is 16.7 Å². The number of nitrogens with one attached hydrogen (secondary N) is 1. The third kappa shape index (κ3) is 6.81. The number of aryl methyl sites for hydroxylation is 1. The van der Waals surface area contributed by atoms with Gasteiger partial charge in [-0.05, 0) is 33.3 Å². The number of halogens is 1. The third-order valence-electron chi connectivity index (χ3n) is 5.41. The van der Waals surface area contributed by atoms with Crippen LogP contribution in [0.2, 0.25) is 0 Å². The topological polar surface area (TPSA) is 187 Å². The Balaban J connectivity index is 1.68. The maximum Gasteiger partial charge on any atom is 0.352 e. The summed E-state index contributed by atoms with van der Waals surface area (Å²) in [4.78, 5) is 76.5. The number of carboxylic acids is 1. The highest BCUT2D eigenvalue weighted by Gasteiger charge is 2.54. The van der Waals surface area contributed by atoms with E-state index in [1.54, 1.807) is 20.8 Å². The first-order valence-electron chi connectivity index (χ1n) is 11.4. The van der Waals surface area contributed by atoms with E-state index in [-0.39, 0.29) is 28.2 Å². The zero-order valence-electron chi connectivity index (χ0n) is 21.5. The monoisotopic (exact) mass is 647 g/mol. The first-order chi connectivity index (χ1) is 18.1. The summed E-state index contributed by atoms with van der Waals surface area (Å²) in [5.41, 5.74) is -1.34. The molecule has 0 bridgehead atoms. The number of Topliss-reactive ketones (excluding diaryl/α,β-unsaturated/α-hetero) is 1. The van der Waals surface area contributed by atoms with Gasteiger partial charge in [0.2, 0.25) is 12.7 Å². The van der Waals surface area contributed by atoms with Crippen molar-refractivity contribution in [3.63, 3.8) is 0 Å². The van der Waals surface area contributed by atoms with Gasteiger partial charge in [-0.2, -0.15) is 4.98 Å². The van der Waals surface area contributed by atoms with E-state index in [1.807, 2.05) is 0 Å². The molecule has 14 nitrogen and oxygen atoms in total. The zero-order chi connectivity index (χ0) is 29.2. The Morgan fingerprint density at radius 2 is 1.95 bits per heavy atom. The van der Waals surface area contributed by atoms with Crippen LogP contribution in [0.1, 0.15) is 27.7 Å². The molecule has 3 rings (SSSR count). The van der Waals surface area contributed by atoms with Crippen LogP contribution in [0.25, 0.3) is 0 Å². The van der Waals surface area contributed by atoms with Gasteiger partial charge >= 0.3 is 23.4 Å². The van der Waals surface area contributed by atoms with Crippen LogP contribution >= 0.6 is 39.5 Å². The number of hydrogen-bond acceptors (Lipinski definition) is 12. The molecule has 0 radical (unpaired) electrons. The fourth-order valence-corrected chi connectivity index (χ4v) is 5.88. The van der Waals surface area contributed by atoms with Gasteiger partial charge in [0.1, 0.15) is 17.1 Å². The largest absolute Gasteiger partial charge is 0.477 e. The Labute approximate surface area is 239 Å². The van der Waals surface area contributed by atoms with Crippen LogP contribution in [0.15, 0.2) is 21.2 Å². The number of esters is 1. The molecule has 39 heavy (non-hydrogen) atoms. The van der Waals surface area contributed by atoms with Crippen LogP contribution in [0, 0.1) is 5.41 Å². The van der Waals surface area contributed by atoms with Crippen LogP contribution in [-0.4, -0.2) is 88.8 Å². The number of β-lactam (4-membered cyclic amide) rings is 1. The number of alkyl halides is 1. The first kappa shape index (κ1) is 30.6. The second-order valence-electron chi connectivity index (χ2n) is 9.49. The molecule has 212 valence electrons. The average molecular weight is 649 g/mol. The van der Waals surface area contributed by atoms with E-state index in [1.165, 1.54) is 30.4 Å². The van der Waals surface area contributed by atoms with Crippen molar-refractivity contribution >= 4 is 69.0 Å². The molecule has 2 amide bonds. The fraction of sp³-hybridized carbons (Fsp3) is 0.545. The number of rotatable bonds is 10. The predicted octanol–water partition coefficient (Wildman–Crippen LogP) is 0.284. The molecule has 2 aliphatic heterocycles. The minimum atomic E-state index is -1.32. The van der Waals surface area contributed by atoms with Gasteiger partial charge < -0.3 is 19.9 Å². The molecule has 2 N–H and O–H groups in total. The number of aromatic nitrogens is 3. The Morgan fingerprint density at radius 1 is 1.28 bits per heavy atom. The number of carbonyl (C=O) groups excluding carboxylic acids is 4. The second-order valence-corrected chi connectivity index (χ2v) is 12.5. The molecule has 1 aromatic rings. The number of carbonyl (C=O) groups is 5. The van der Waals surface area contributed by atoms with Crippen molar-refractivity contribution in [2.45, 2.75) is 49.1 Å². The Kier molecular flexibility index (Phi) is 9.48. The summed E-state index contributed by atoms with van der Waals surface area (Å²) in [6.07, 6.45) is 0. The van der Waals surface area contributed by atoms with Crippen molar-refractivity contribution in [2.24, 2.45) is 12.5 Å². The summed E-state index contributed by atoms with van der Waals surface area (Å²) < 4.78 is 11.4. The van der Waals surface area contributed by atoms with E-state index < -0.39 is 63.5 Å². The molecular formula is C22H26BrN5O9S2. The number of ketones is 1. The summed E-state index contributed by atoms with van der Waals surface area (Å²) in [6.45, 7) is 5.71. The zero-order valence-corrected chi connectivity index (χ0v) is 24.8. The van der Waals surface area contributed by atoms with Gasteiger partial charge in [0.15, 0.2) is 15.8 Å². The molecule has 3 heterocycles. The van der Waals surface area contributed by atoms with Gasteiger partial charge in [0.05, 0.1) is 5.41 Å². The number of carboxylic acid groups (broad SMARTS) is 1. The smallest absolute Gasteiger partial charge is 0.352 e. The van der Waals surface area contributed by atoms with Crippen molar-refractivity contribution in [3.05, 3.63) is 21.6 Å². The Hall–Kier alpha value is -2.92. The van der Waals surface area contributed by atoms with Gasteiger partial charge in [0.25, 0.3) is 5.91 Å². The van der Waals surface area contributed by atoms with Gasteiger partial charge in [0, 0.05) is 18.6 Å². The molecule has 3 atom stereocenters. The molecule has 2 aliphatic rings. The molecular weight excluding hydrogens is 622 g/mol. The van der Waals surface area contributed by atoms with Gasteiger partial charge in [-0.25, -0.2) is 9.48 Å². The number of nitrogens with zero attached hydrogens (tertiary/aromatic N) is 4. The Morgan fingerprint density at radius 3 is 2.54 bits per heavy atom. The van der Waals surface area contributed by atoms with Crippen molar-refractivity contribution < 1.29 is 38.6 Å². The van der Waals surface area contributed by atoms with Gasteiger partial charge in [-0.3, -0.25) is 28.9 Å². The number of aliphatic carboxylic acids is 1. The Bertz CT molecular complexity index is 1310. The average Bonchev–Trinajstić information content (AvgIpc) is 2.85. The quantitative estimate of drug-likeness (QED) is 0.0881. The van der Waals surface area contributed by atoms with E-state index in [2.05, 4.69) is 31.3 Å². The van der Waals surface area contributed by atoms with E-state index >= 15 is 0 Å². The maximum absolute atomic E-state index is 12.8. The van der Waals surface area contributed by atoms with Crippen LogP contribution in [0.3, 0.4) is 0 Å². The van der Waals surface area contributed by atoms with Crippen molar-refractivity contribution in [1.82, 2.24) is 25.0 Å². The van der Waals surface area contributed by atoms with Crippen molar-refractivity contribution in [1.29, 1.82) is 0 Å². The number of thioether (sulfide) groups is 2. The standard InChI is InChI=1S/C22H26BrN5O9S2/c1-9(29)11(23)14(30)24-12-17(32)28-13(19(33)34)10(6-38-18(12)28)7-39-21-25-15(31)16(26-27(21)5)36-8-37-20(35)22(2,3)4/h11-12,18H,6-8H2,1-5H3,(H,24,30)(H,33,34)/t11?,12-,18-/m1/s1. The molecule has 0 aliphatic carbocycles. The normalized spacial score (nSPS) is 19.5. The predicted molar refractivity (Wildman–Crippen MR) is 142 cm³/mol. The number of ether oxygens (including phenoxy) is 2. The minimum absolute atomic E-state index is 0.0847. The summed E-state index contributed by atoms with van der Waals surface area (Å²) in [6, 6.07) is -0.965. The van der Waals surface area contributed by atoms with Gasteiger partial charge in [-0.1, -0.05) is 27.7 Å². The van der Waals surface area contributed by atoms with E-state index in [9.17, 15) is 33.9 Å². The maximum atomic E-state index is 12.8. The molecule has 0 spiro atoms. The number of amides is 2. The molecule has 1 unspecified atom stereocenters. The van der Waals surface area contributed by atoms with Gasteiger partial charge in [-0.15, -0.1) is 16.9 Å². The molecule has 0 aromatic carbocycles. The number of fused-ring (bicyclic) bond motifs is 1. The van der Waals surface area contributed by atoms with Crippen LogP contribution < -0.4 is 15.6 Å². The summed E-state index contributed by atoms with van der Waals surface area (Å²) in [7, 11) is 1.51. The van der Waals surface area contributed by atoms with Crippen molar-refractivity contribution in [2.75, 3.05) is 18.3 Å². The molecule has 0 saturated carbocycles. The highest BCUT2D eigenvalue weighted by Crippen LogP contribution is 2.41. The second kappa shape index (κ2) is 12.1. The third-order valence-corrected chi connectivity index (χ3v) is 8.91. The SMILES string of the molecule is CC(=O)C(Br)C(=O)N[C@@H]1C(=O)N2C(C(=O)O)=C(CSc3nc(=O)c(OCOC(=O)C(C)(C)C)nn3C)CS[C@H]12. The molecule has 1 aromatic heterocycles. The van der Waals surface area contributed by atoms with Crippen LogP contribution in [0.5, 0.6) is 5.88 Å². The lowest BCUT2D eigenvalue weighted by Gasteiger charge is -2.49. The highest BCUT2D eigenvalue weighted by molar-refractivity contribution is 9.10.